The molecule has 1 fully saturated rings. The minimum Gasteiger partial charge on any atom is -0.475 e. The van der Waals surface area contributed by atoms with Gasteiger partial charge in [0.1, 0.15) is 12.4 Å². The smallest absolute Gasteiger partial charge is 0.215 e. The zero-order valence-corrected chi connectivity index (χ0v) is 19.8. The number of rotatable bonds is 7. The Bertz CT molecular complexity index is 1080. The molecule has 0 atom stereocenters. The number of morpholine rings is 1. The van der Waals surface area contributed by atoms with Crippen molar-refractivity contribution in [2.45, 2.75) is 33.2 Å². The maximum atomic E-state index is 9.21. The Hall–Kier alpha value is -3.10. The minimum absolute atomic E-state index is 0.0561. The van der Waals surface area contributed by atoms with Crippen LogP contribution in [0.2, 0.25) is 0 Å². The molecule has 0 radical (unpaired) electrons. The first-order chi connectivity index (χ1) is 15.8. The van der Waals surface area contributed by atoms with Crippen molar-refractivity contribution in [3.05, 3.63) is 48.3 Å². The highest BCUT2D eigenvalue weighted by Crippen LogP contribution is 2.33. The Morgan fingerprint density at radius 3 is 2.61 bits per heavy atom. The van der Waals surface area contributed by atoms with E-state index in [-0.39, 0.29) is 18.8 Å². The highest BCUT2D eigenvalue weighted by atomic mass is 16.5. The van der Waals surface area contributed by atoms with E-state index in [0.717, 1.165) is 47.0 Å². The number of aryl methyl sites for hydroxylation is 1. The first kappa shape index (κ1) is 23.1. The standard InChI is InChI=1S/C25H33N5O3/c1-18-5-6-20(27-21-16-26-30(17-21)25(2,3)4)15-22(18)19-13-23(29-7-10-32-11-8-29)28-24(14-19)33-12-9-31/h5-6,13-17,27,31H,7-12H2,1-4H3. The second-order valence-corrected chi connectivity index (χ2v) is 9.22. The van der Waals surface area contributed by atoms with Crippen molar-refractivity contribution in [3.8, 4) is 17.0 Å². The van der Waals surface area contributed by atoms with Crippen LogP contribution in [0.5, 0.6) is 5.88 Å². The van der Waals surface area contributed by atoms with Gasteiger partial charge in [-0.25, -0.2) is 0 Å². The molecule has 0 spiro atoms. The van der Waals surface area contributed by atoms with Crippen molar-refractivity contribution < 1.29 is 14.6 Å². The van der Waals surface area contributed by atoms with Crippen molar-refractivity contribution in [2.75, 3.05) is 49.7 Å². The molecule has 1 aromatic carbocycles. The van der Waals surface area contributed by atoms with E-state index in [2.05, 4.69) is 72.3 Å². The molecule has 1 aliphatic heterocycles. The van der Waals surface area contributed by atoms with Crippen LogP contribution in [0.4, 0.5) is 17.2 Å². The van der Waals surface area contributed by atoms with Gasteiger partial charge in [0.15, 0.2) is 0 Å². The Labute approximate surface area is 195 Å². The van der Waals surface area contributed by atoms with E-state index in [1.54, 1.807) is 0 Å². The minimum atomic E-state index is -0.0731. The number of nitrogens with zero attached hydrogens (tertiary/aromatic N) is 4. The van der Waals surface area contributed by atoms with Gasteiger partial charge in [-0.3, -0.25) is 4.68 Å². The van der Waals surface area contributed by atoms with E-state index in [9.17, 15) is 5.11 Å². The number of nitrogens with one attached hydrogen (secondary N) is 1. The summed E-state index contributed by atoms with van der Waals surface area (Å²) in [6.45, 7) is 11.6. The van der Waals surface area contributed by atoms with Crippen molar-refractivity contribution in [3.63, 3.8) is 0 Å². The third-order valence-electron chi connectivity index (χ3n) is 5.57. The van der Waals surface area contributed by atoms with Crippen LogP contribution >= 0.6 is 0 Å². The van der Waals surface area contributed by atoms with Crippen LogP contribution in [0.1, 0.15) is 26.3 Å². The van der Waals surface area contributed by atoms with E-state index < -0.39 is 0 Å². The number of aliphatic hydroxyl groups is 1. The van der Waals surface area contributed by atoms with Crippen LogP contribution in [-0.4, -0.2) is 59.4 Å². The normalized spacial score (nSPS) is 14.4. The fourth-order valence-electron chi connectivity index (χ4n) is 3.76. The average Bonchev–Trinajstić information content (AvgIpc) is 3.28. The maximum Gasteiger partial charge on any atom is 0.215 e. The predicted molar refractivity (Wildman–Crippen MR) is 131 cm³/mol. The Morgan fingerprint density at radius 1 is 1.12 bits per heavy atom. The number of hydrogen-bond donors (Lipinski definition) is 2. The van der Waals surface area contributed by atoms with Gasteiger partial charge in [-0.05, 0) is 62.6 Å². The molecule has 0 aliphatic carbocycles. The molecule has 2 aromatic heterocycles. The largest absolute Gasteiger partial charge is 0.475 e. The fraction of sp³-hybridized carbons (Fsp3) is 0.440. The quantitative estimate of drug-likeness (QED) is 0.562. The van der Waals surface area contributed by atoms with Crippen LogP contribution in [0.25, 0.3) is 11.1 Å². The lowest BCUT2D eigenvalue weighted by Gasteiger charge is -2.28. The molecule has 8 heteroatoms. The second-order valence-electron chi connectivity index (χ2n) is 9.22. The van der Waals surface area contributed by atoms with E-state index in [0.29, 0.717) is 19.1 Å². The van der Waals surface area contributed by atoms with Gasteiger partial charge in [0.25, 0.3) is 0 Å². The number of pyridine rings is 1. The summed E-state index contributed by atoms with van der Waals surface area (Å²) in [7, 11) is 0. The number of ether oxygens (including phenoxy) is 2. The van der Waals surface area contributed by atoms with Gasteiger partial charge in [-0.2, -0.15) is 10.1 Å². The lowest BCUT2D eigenvalue weighted by atomic mass is 10.00. The Morgan fingerprint density at radius 2 is 1.91 bits per heavy atom. The predicted octanol–water partition coefficient (Wildman–Crippen LogP) is 3.96. The summed E-state index contributed by atoms with van der Waals surface area (Å²) in [4.78, 5) is 6.88. The molecule has 3 aromatic rings. The van der Waals surface area contributed by atoms with Crippen molar-refractivity contribution in [2.24, 2.45) is 0 Å². The SMILES string of the molecule is Cc1ccc(Nc2cnn(C(C)(C)C)c2)cc1-c1cc(OCCO)nc(N2CCOCC2)c1. The molecular weight excluding hydrogens is 418 g/mol. The molecule has 8 nitrogen and oxygen atoms in total. The number of aliphatic hydroxyl groups excluding tert-OH is 1. The molecule has 0 amide bonds. The van der Waals surface area contributed by atoms with Crippen molar-refractivity contribution >= 4 is 17.2 Å². The number of aromatic nitrogens is 3. The van der Waals surface area contributed by atoms with Crippen molar-refractivity contribution in [1.29, 1.82) is 0 Å². The van der Waals surface area contributed by atoms with Gasteiger partial charge in [0, 0.05) is 31.0 Å². The van der Waals surface area contributed by atoms with Gasteiger partial charge >= 0.3 is 0 Å². The van der Waals surface area contributed by atoms with E-state index >= 15 is 0 Å². The van der Waals surface area contributed by atoms with E-state index in [4.69, 9.17) is 9.47 Å². The molecule has 176 valence electrons. The van der Waals surface area contributed by atoms with Crippen LogP contribution < -0.4 is 15.0 Å². The van der Waals surface area contributed by atoms with Crippen LogP contribution in [0, 0.1) is 6.92 Å². The van der Waals surface area contributed by atoms with Gasteiger partial charge < -0.3 is 24.8 Å². The molecule has 1 saturated heterocycles. The van der Waals surface area contributed by atoms with Gasteiger partial charge in [0.2, 0.25) is 5.88 Å². The van der Waals surface area contributed by atoms with Gasteiger partial charge in [0.05, 0.1) is 37.2 Å². The molecule has 0 unspecified atom stereocenters. The molecular formula is C25H33N5O3. The summed E-state index contributed by atoms with van der Waals surface area (Å²) < 4.78 is 13.2. The highest BCUT2D eigenvalue weighted by Gasteiger charge is 2.17. The Kier molecular flexibility index (Phi) is 6.85. The maximum absolute atomic E-state index is 9.21. The fourth-order valence-corrected chi connectivity index (χ4v) is 3.76. The van der Waals surface area contributed by atoms with Crippen LogP contribution in [0.15, 0.2) is 42.7 Å². The lowest BCUT2D eigenvalue weighted by Crippen LogP contribution is -2.36. The molecule has 2 N–H and O–H groups in total. The third-order valence-corrected chi connectivity index (χ3v) is 5.57. The molecule has 0 bridgehead atoms. The zero-order chi connectivity index (χ0) is 23.4. The average molecular weight is 452 g/mol. The molecule has 3 heterocycles. The number of anilines is 3. The van der Waals surface area contributed by atoms with Crippen LogP contribution in [-0.2, 0) is 10.3 Å². The first-order valence-corrected chi connectivity index (χ1v) is 11.3. The number of hydrogen-bond acceptors (Lipinski definition) is 7. The third kappa shape index (κ3) is 5.64. The van der Waals surface area contributed by atoms with Gasteiger partial charge in [-0.15, -0.1) is 0 Å². The summed E-state index contributed by atoms with van der Waals surface area (Å²) >= 11 is 0. The summed E-state index contributed by atoms with van der Waals surface area (Å²) in [6, 6.07) is 10.3. The summed E-state index contributed by atoms with van der Waals surface area (Å²) in [5, 5.41) is 17.2. The molecule has 33 heavy (non-hydrogen) atoms. The summed E-state index contributed by atoms with van der Waals surface area (Å²) in [6.07, 6.45) is 3.86. The van der Waals surface area contributed by atoms with E-state index in [1.165, 1.54) is 0 Å². The molecule has 0 saturated carbocycles. The number of benzene rings is 1. The summed E-state index contributed by atoms with van der Waals surface area (Å²) in [5.41, 5.74) is 5.11. The first-order valence-electron chi connectivity index (χ1n) is 11.3. The highest BCUT2D eigenvalue weighted by molar-refractivity contribution is 5.76. The summed E-state index contributed by atoms with van der Waals surface area (Å²) in [5.74, 6) is 1.36. The Balaban J connectivity index is 1.66. The van der Waals surface area contributed by atoms with Crippen molar-refractivity contribution in [1.82, 2.24) is 14.8 Å². The monoisotopic (exact) mass is 451 g/mol. The zero-order valence-electron chi connectivity index (χ0n) is 19.8. The lowest BCUT2D eigenvalue weighted by molar-refractivity contribution is 0.122. The van der Waals surface area contributed by atoms with Gasteiger partial charge in [-0.1, -0.05) is 6.07 Å². The molecule has 4 rings (SSSR count). The molecule has 1 aliphatic rings. The van der Waals surface area contributed by atoms with E-state index in [1.807, 2.05) is 23.1 Å². The topological polar surface area (TPSA) is 84.7 Å². The second kappa shape index (κ2) is 9.80. The van der Waals surface area contributed by atoms with Crippen LogP contribution in [0.3, 0.4) is 0 Å².